The third-order valence-corrected chi connectivity index (χ3v) is 5.05. The number of nitrogens with zero attached hydrogens (tertiary/aromatic N) is 2. The van der Waals surface area contributed by atoms with E-state index in [1.807, 2.05) is 6.26 Å². The molecule has 0 radical (unpaired) electrons. The zero-order valence-electron chi connectivity index (χ0n) is 10.9. The molecule has 7 heteroatoms. The summed E-state index contributed by atoms with van der Waals surface area (Å²) in [6.07, 6.45) is 1.98. The zero-order chi connectivity index (χ0) is 13.7. The Morgan fingerprint density at radius 3 is 2.89 bits per heavy atom. The van der Waals surface area contributed by atoms with E-state index in [4.69, 9.17) is 15.7 Å². The first kappa shape index (κ1) is 14.5. The highest BCUT2D eigenvalue weighted by Gasteiger charge is 2.15. The summed E-state index contributed by atoms with van der Waals surface area (Å²) in [5.41, 5.74) is 6.55. The summed E-state index contributed by atoms with van der Waals surface area (Å²) >= 11 is 3.02. The molecule has 1 aromatic heterocycles. The van der Waals surface area contributed by atoms with Crippen molar-refractivity contribution >= 4 is 33.8 Å². The number of nitrogens with one attached hydrogen (secondary N) is 1. The first-order valence-corrected chi connectivity index (χ1v) is 8.20. The van der Waals surface area contributed by atoms with Crippen LogP contribution < -0.4 is 11.1 Å². The van der Waals surface area contributed by atoms with Crippen LogP contribution in [0.1, 0.15) is 4.88 Å². The quantitative estimate of drug-likeness (QED) is 0.806. The molecule has 0 aliphatic carbocycles. The van der Waals surface area contributed by atoms with Crippen molar-refractivity contribution < 1.29 is 4.74 Å². The highest BCUT2D eigenvalue weighted by molar-refractivity contribution is 7.99. The number of hydrogen-bond donors (Lipinski definition) is 2. The van der Waals surface area contributed by atoms with Gasteiger partial charge in [-0.1, -0.05) is 0 Å². The third kappa shape index (κ3) is 3.54. The minimum absolute atomic E-state index is 0.596. The van der Waals surface area contributed by atoms with Crippen LogP contribution in [0.4, 0.5) is 10.7 Å². The lowest BCUT2D eigenvalue weighted by Gasteiger charge is -2.26. The number of nitrogen functional groups attached to an aromatic ring is 1. The lowest BCUT2D eigenvalue weighted by Crippen LogP contribution is -2.38. The zero-order valence-corrected chi connectivity index (χ0v) is 12.6. The van der Waals surface area contributed by atoms with Gasteiger partial charge in [0.2, 0.25) is 0 Å². The lowest BCUT2D eigenvalue weighted by atomic mass is 10.4. The molecule has 1 aromatic rings. The number of nitrogens with two attached hydrogens (primary N) is 1. The van der Waals surface area contributed by atoms with Crippen molar-refractivity contribution in [2.24, 2.45) is 0 Å². The van der Waals surface area contributed by atoms with Crippen molar-refractivity contribution in [2.45, 2.75) is 4.90 Å². The molecule has 1 fully saturated rings. The molecule has 3 N–H and O–H groups in total. The Morgan fingerprint density at radius 1 is 1.53 bits per heavy atom. The molecule has 5 nitrogen and oxygen atoms in total. The van der Waals surface area contributed by atoms with E-state index in [2.05, 4.69) is 16.3 Å². The largest absolute Gasteiger partial charge is 0.396 e. The third-order valence-electron chi connectivity index (χ3n) is 3.02. The fraction of sp³-hybridized carbons (Fsp3) is 0.583. The molecule has 2 heterocycles. The summed E-state index contributed by atoms with van der Waals surface area (Å²) in [5, 5.41) is 13.4. The molecule has 0 aromatic carbocycles. The van der Waals surface area contributed by atoms with Gasteiger partial charge < -0.3 is 15.8 Å². The summed E-state index contributed by atoms with van der Waals surface area (Å²) in [4.78, 5) is 3.96. The second kappa shape index (κ2) is 7.01. The molecule has 0 bridgehead atoms. The molecule has 0 unspecified atom stereocenters. The van der Waals surface area contributed by atoms with Crippen LogP contribution in [0.5, 0.6) is 0 Å². The monoisotopic (exact) mass is 298 g/mol. The molecule has 104 valence electrons. The second-order valence-electron chi connectivity index (χ2n) is 4.20. The fourth-order valence-corrected chi connectivity index (χ4v) is 3.84. The van der Waals surface area contributed by atoms with E-state index < -0.39 is 0 Å². The summed E-state index contributed by atoms with van der Waals surface area (Å²) < 4.78 is 5.32. The van der Waals surface area contributed by atoms with Gasteiger partial charge in [0.05, 0.1) is 23.8 Å². The molecular formula is C12H18N4OS2. The van der Waals surface area contributed by atoms with Crippen LogP contribution in [0.2, 0.25) is 0 Å². The summed E-state index contributed by atoms with van der Waals surface area (Å²) in [6.45, 7) is 5.47. The summed E-state index contributed by atoms with van der Waals surface area (Å²) in [5.74, 6) is 0. The van der Waals surface area contributed by atoms with Crippen LogP contribution in [0.3, 0.4) is 0 Å². The fourth-order valence-electron chi connectivity index (χ4n) is 1.98. The lowest BCUT2D eigenvalue weighted by molar-refractivity contribution is 0.0398. The predicted octanol–water partition coefficient (Wildman–Crippen LogP) is 1.67. The Hall–Kier alpha value is -0.940. The van der Waals surface area contributed by atoms with Crippen LogP contribution in [-0.2, 0) is 4.74 Å². The maximum atomic E-state index is 9.00. The Morgan fingerprint density at radius 2 is 2.26 bits per heavy atom. The van der Waals surface area contributed by atoms with Crippen LogP contribution in [0, 0.1) is 11.3 Å². The van der Waals surface area contributed by atoms with Gasteiger partial charge in [-0.15, -0.1) is 23.1 Å². The molecule has 1 aliphatic heterocycles. The van der Waals surface area contributed by atoms with Crippen molar-refractivity contribution in [3.05, 3.63) is 4.88 Å². The Balaban J connectivity index is 1.90. The predicted molar refractivity (Wildman–Crippen MR) is 81.0 cm³/mol. The van der Waals surface area contributed by atoms with E-state index in [0.717, 1.165) is 49.3 Å². The average molecular weight is 298 g/mol. The van der Waals surface area contributed by atoms with E-state index in [-0.39, 0.29) is 0 Å². The van der Waals surface area contributed by atoms with Crippen molar-refractivity contribution in [3.63, 3.8) is 0 Å². The molecular weight excluding hydrogens is 280 g/mol. The first-order valence-electron chi connectivity index (χ1n) is 6.16. The number of thioether (sulfide) groups is 1. The van der Waals surface area contributed by atoms with Gasteiger partial charge in [0.15, 0.2) is 0 Å². The van der Waals surface area contributed by atoms with E-state index in [1.165, 1.54) is 11.3 Å². The van der Waals surface area contributed by atoms with Gasteiger partial charge in [0.25, 0.3) is 0 Å². The van der Waals surface area contributed by atoms with E-state index in [1.54, 1.807) is 11.8 Å². The first-order chi connectivity index (χ1) is 9.26. The molecule has 0 amide bonds. The Kier molecular flexibility index (Phi) is 5.34. The van der Waals surface area contributed by atoms with Crippen LogP contribution in [-0.4, -0.2) is 50.5 Å². The normalized spacial score (nSPS) is 16.2. The van der Waals surface area contributed by atoms with Crippen molar-refractivity contribution in [3.8, 4) is 6.07 Å². The van der Waals surface area contributed by atoms with Crippen molar-refractivity contribution in [2.75, 3.05) is 56.7 Å². The summed E-state index contributed by atoms with van der Waals surface area (Å²) in [6, 6.07) is 2.14. The number of thiophene rings is 1. The van der Waals surface area contributed by atoms with Gasteiger partial charge in [-0.3, -0.25) is 4.90 Å². The van der Waals surface area contributed by atoms with Gasteiger partial charge >= 0.3 is 0 Å². The maximum Gasteiger partial charge on any atom is 0.131 e. The smallest absolute Gasteiger partial charge is 0.131 e. The standard InChI is InChI=1S/C12H18N4OS2/c1-18-11-10(14)9(8-13)19-12(11)15-2-3-16-4-6-17-7-5-16/h15H,2-7,14H2,1H3. The van der Waals surface area contributed by atoms with Gasteiger partial charge in [-0.05, 0) is 6.26 Å². The molecule has 1 saturated heterocycles. The minimum atomic E-state index is 0.596. The number of anilines is 2. The maximum absolute atomic E-state index is 9.00. The van der Waals surface area contributed by atoms with Crippen molar-refractivity contribution in [1.29, 1.82) is 5.26 Å². The van der Waals surface area contributed by atoms with E-state index >= 15 is 0 Å². The number of morpholine rings is 1. The molecule has 2 rings (SSSR count). The number of nitriles is 1. The highest BCUT2D eigenvalue weighted by Crippen LogP contribution is 2.40. The number of ether oxygens (including phenoxy) is 1. The van der Waals surface area contributed by atoms with Crippen molar-refractivity contribution in [1.82, 2.24) is 4.90 Å². The second-order valence-corrected chi connectivity index (χ2v) is 6.04. The van der Waals surface area contributed by atoms with Gasteiger partial charge in [-0.25, -0.2) is 0 Å². The Bertz CT molecular complexity index is 463. The van der Waals surface area contributed by atoms with Gasteiger partial charge in [-0.2, -0.15) is 5.26 Å². The van der Waals surface area contributed by atoms with Gasteiger partial charge in [0, 0.05) is 26.2 Å². The van der Waals surface area contributed by atoms with Crippen LogP contribution in [0.25, 0.3) is 0 Å². The molecule has 0 atom stereocenters. The van der Waals surface area contributed by atoms with Crippen LogP contribution >= 0.6 is 23.1 Å². The molecule has 0 spiro atoms. The highest BCUT2D eigenvalue weighted by atomic mass is 32.2. The molecule has 19 heavy (non-hydrogen) atoms. The van der Waals surface area contributed by atoms with E-state index in [0.29, 0.717) is 10.6 Å². The topological polar surface area (TPSA) is 74.3 Å². The van der Waals surface area contributed by atoms with E-state index in [9.17, 15) is 0 Å². The molecule has 0 saturated carbocycles. The number of rotatable bonds is 5. The SMILES string of the molecule is CSc1c(NCCN2CCOCC2)sc(C#N)c1N. The van der Waals surface area contributed by atoms with Gasteiger partial charge in [0.1, 0.15) is 15.9 Å². The Labute approximate surface area is 121 Å². The summed E-state index contributed by atoms with van der Waals surface area (Å²) in [7, 11) is 0. The average Bonchev–Trinajstić information content (AvgIpc) is 2.75. The minimum Gasteiger partial charge on any atom is -0.396 e. The molecule has 1 aliphatic rings. The number of hydrogen-bond acceptors (Lipinski definition) is 7. The van der Waals surface area contributed by atoms with Crippen LogP contribution in [0.15, 0.2) is 4.90 Å².